The maximum absolute atomic E-state index is 12.4. The third-order valence-corrected chi connectivity index (χ3v) is 5.27. The number of piperazine rings is 1. The number of aryl methyl sites for hydroxylation is 1. The van der Waals surface area contributed by atoms with Crippen molar-refractivity contribution in [2.45, 2.75) is 13.8 Å². The van der Waals surface area contributed by atoms with Gasteiger partial charge in [-0.1, -0.05) is 40.2 Å². The molecule has 3 rings (SSSR count). The Kier molecular flexibility index (Phi) is 5.59. The van der Waals surface area contributed by atoms with E-state index in [4.69, 9.17) is 0 Å². The molecule has 0 aromatic heterocycles. The van der Waals surface area contributed by atoms with Crippen LogP contribution in [0.2, 0.25) is 0 Å². The number of halogens is 1. The lowest BCUT2D eigenvalue weighted by Crippen LogP contribution is -2.48. The molecule has 0 bridgehead atoms. The molecule has 0 unspecified atom stereocenters. The van der Waals surface area contributed by atoms with E-state index in [0.29, 0.717) is 0 Å². The van der Waals surface area contributed by atoms with Gasteiger partial charge in [0.25, 0.3) is 0 Å². The molecule has 1 fully saturated rings. The Labute approximate surface area is 158 Å². The Balaban J connectivity index is 1.60. The fraction of sp³-hybridized carbons (Fsp3) is 0.286. The quantitative estimate of drug-likeness (QED) is 0.713. The molecule has 130 valence electrons. The van der Waals surface area contributed by atoms with Crippen LogP contribution < -0.4 is 4.90 Å². The summed E-state index contributed by atoms with van der Waals surface area (Å²) in [5.74, 6) is 0.0839. The molecule has 0 atom stereocenters. The second-order valence-corrected chi connectivity index (χ2v) is 7.34. The van der Waals surface area contributed by atoms with Crippen molar-refractivity contribution in [2.24, 2.45) is 0 Å². The van der Waals surface area contributed by atoms with Crippen molar-refractivity contribution in [1.29, 1.82) is 0 Å². The van der Waals surface area contributed by atoms with Crippen LogP contribution >= 0.6 is 15.9 Å². The molecule has 25 heavy (non-hydrogen) atoms. The number of rotatable bonds is 3. The van der Waals surface area contributed by atoms with Crippen LogP contribution in [0.25, 0.3) is 6.08 Å². The van der Waals surface area contributed by atoms with Crippen molar-refractivity contribution in [1.82, 2.24) is 4.90 Å². The first kappa shape index (κ1) is 17.7. The van der Waals surface area contributed by atoms with Crippen LogP contribution in [0.3, 0.4) is 0 Å². The van der Waals surface area contributed by atoms with Gasteiger partial charge in [-0.25, -0.2) is 0 Å². The topological polar surface area (TPSA) is 23.6 Å². The zero-order valence-electron chi connectivity index (χ0n) is 14.7. The summed E-state index contributed by atoms with van der Waals surface area (Å²) >= 11 is 3.45. The molecular formula is C21H23BrN2O. The number of carbonyl (C=O) groups excluding carboxylic acids is 1. The number of hydrogen-bond acceptors (Lipinski definition) is 2. The van der Waals surface area contributed by atoms with Crippen molar-refractivity contribution in [3.05, 3.63) is 69.7 Å². The lowest BCUT2D eigenvalue weighted by atomic mass is 10.1. The van der Waals surface area contributed by atoms with Crippen LogP contribution in [-0.2, 0) is 4.79 Å². The average molecular weight is 399 g/mol. The lowest BCUT2D eigenvalue weighted by molar-refractivity contribution is -0.126. The van der Waals surface area contributed by atoms with E-state index < -0.39 is 0 Å². The van der Waals surface area contributed by atoms with Crippen molar-refractivity contribution < 1.29 is 4.79 Å². The van der Waals surface area contributed by atoms with Gasteiger partial charge < -0.3 is 9.80 Å². The molecule has 0 radical (unpaired) electrons. The third-order valence-electron chi connectivity index (χ3n) is 4.78. The van der Waals surface area contributed by atoms with Crippen LogP contribution in [0, 0.1) is 13.8 Å². The maximum atomic E-state index is 12.4. The first-order valence-corrected chi connectivity index (χ1v) is 9.37. The first-order valence-electron chi connectivity index (χ1n) is 8.58. The van der Waals surface area contributed by atoms with Crippen molar-refractivity contribution in [3.8, 4) is 0 Å². The molecule has 2 aromatic carbocycles. The SMILES string of the molecule is Cc1cccc(N2CCN(C(=O)/C=C/c3cccc(Br)c3)CC2)c1C. The van der Waals surface area contributed by atoms with Gasteiger partial charge in [-0.15, -0.1) is 0 Å². The van der Waals surface area contributed by atoms with Crippen molar-refractivity contribution in [3.63, 3.8) is 0 Å². The van der Waals surface area contributed by atoms with E-state index in [1.807, 2.05) is 35.2 Å². The van der Waals surface area contributed by atoms with Gasteiger partial charge in [0, 0.05) is 42.4 Å². The molecule has 1 saturated heterocycles. The summed E-state index contributed by atoms with van der Waals surface area (Å²) in [6.45, 7) is 7.58. The van der Waals surface area contributed by atoms with Crippen molar-refractivity contribution >= 4 is 33.6 Å². The molecule has 0 aliphatic carbocycles. The van der Waals surface area contributed by atoms with Gasteiger partial charge in [-0.05, 0) is 54.8 Å². The Morgan fingerprint density at radius 1 is 1.04 bits per heavy atom. The largest absolute Gasteiger partial charge is 0.368 e. The maximum Gasteiger partial charge on any atom is 0.246 e. The number of benzene rings is 2. The number of hydrogen-bond donors (Lipinski definition) is 0. The minimum absolute atomic E-state index is 0.0839. The highest BCUT2D eigenvalue weighted by molar-refractivity contribution is 9.10. The number of carbonyl (C=O) groups is 1. The van der Waals surface area contributed by atoms with Gasteiger partial charge in [0.1, 0.15) is 0 Å². The van der Waals surface area contributed by atoms with E-state index in [0.717, 1.165) is 36.2 Å². The molecule has 1 aliphatic rings. The van der Waals surface area contributed by atoms with Gasteiger partial charge in [0.05, 0.1) is 0 Å². The molecule has 0 saturated carbocycles. The van der Waals surface area contributed by atoms with Crippen LogP contribution in [-0.4, -0.2) is 37.0 Å². The zero-order chi connectivity index (χ0) is 17.8. The highest BCUT2D eigenvalue weighted by Gasteiger charge is 2.20. The van der Waals surface area contributed by atoms with Crippen LogP contribution in [0.4, 0.5) is 5.69 Å². The van der Waals surface area contributed by atoms with Crippen LogP contribution in [0.15, 0.2) is 53.0 Å². The number of nitrogens with zero attached hydrogens (tertiary/aromatic N) is 2. The Morgan fingerprint density at radius 3 is 2.48 bits per heavy atom. The molecule has 0 N–H and O–H groups in total. The minimum Gasteiger partial charge on any atom is -0.368 e. The minimum atomic E-state index is 0.0839. The highest BCUT2D eigenvalue weighted by atomic mass is 79.9. The molecule has 1 amide bonds. The number of anilines is 1. The average Bonchev–Trinajstić information content (AvgIpc) is 2.62. The second kappa shape index (κ2) is 7.87. The van der Waals surface area contributed by atoms with Gasteiger partial charge in [-0.2, -0.15) is 0 Å². The molecular weight excluding hydrogens is 376 g/mol. The first-order chi connectivity index (χ1) is 12.0. The fourth-order valence-electron chi connectivity index (χ4n) is 3.13. The smallest absolute Gasteiger partial charge is 0.246 e. The summed E-state index contributed by atoms with van der Waals surface area (Å²) in [6, 6.07) is 14.4. The molecule has 3 nitrogen and oxygen atoms in total. The molecule has 1 heterocycles. The van der Waals surface area contributed by atoms with E-state index in [-0.39, 0.29) is 5.91 Å². The summed E-state index contributed by atoms with van der Waals surface area (Å²) in [5.41, 5.74) is 4.96. The monoisotopic (exact) mass is 398 g/mol. The summed E-state index contributed by atoms with van der Waals surface area (Å²) in [7, 11) is 0. The van der Waals surface area contributed by atoms with E-state index in [1.54, 1.807) is 6.08 Å². The predicted molar refractivity (Wildman–Crippen MR) is 108 cm³/mol. The normalized spacial score (nSPS) is 15.0. The molecule has 1 aliphatic heterocycles. The Bertz CT molecular complexity index is 792. The van der Waals surface area contributed by atoms with Gasteiger partial charge >= 0.3 is 0 Å². The Morgan fingerprint density at radius 2 is 1.76 bits per heavy atom. The second-order valence-electron chi connectivity index (χ2n) is 6.42. The van der Waals surface area contributed by atoms with Gasteiger partial charge in [0.15, 0.2) is 0 Å². The van der Waals surface area contributed by atoms with Crippen LogP contribution in [0.5, 0.6) is 0 Å². The third kappa shape index (κ3) is 4.31. The Hall–Kier alpha value is -2.07. The molecule has 2 aromatic rings. The summed E-state index contributed by atoms with van der Waals surface area (Å²) in [5, 5.41) is 0. The standard InChI is InChI=1S/C21H23BrN2O/c1-16-5-3-8-20(17(16)2)23-11-13-24(14-12-23)21(25)10-9-18-6-4-7-19(22)15-18/h3-10,15H,11-14H2,1-2H3/b10-9+. The van der Waals surface area contributed by atoms with E-state index >= 15 is 0 Å². The lowest BCUT2D eigenvalue weighted by Gasteiger charge is -2.36. The van der Waals surface area contributed by atoms with Crippen LogP contribution in [0.1, 0.15) is 16.7 Å². The molecule has 0 spiro atoms. The zero-order valence-corrected chi connectivity index (χ0v) is 16.3. The van der Waals surface area contributed by atoms with Gasteiger partial charge in [-0.3, -0.25) is 4.79 Å². The highest BCUT2D eigenvalue weighted by Crippen LogP contribution is 2.24. The van der Waals surface area contributed by atoms with Gasteiger partial charge in [0.2, 0.25) is 5.91 Å². The summed E-state index contributed by atoms with van der Waals surface area (Å²) in [4.78, 5) is 16.7. The molecule has 4 heteroatoms. The van der Waals surface area contributed by atoms with Crippen molar-refractivity contribution in [2.75, 3.05) is 31.1 Å². The van der Waals surface area contributed by atoms with E-state index in [9.17, 15) is 4.79 Å². The number of amides is 1. The fourth-order valence-corrected chi connectivity index (χ4v) is 3.55. The summed E-state index contributed by atoms with van der Waals surface area (Å²) in [6.07, 6.45) is 3.56. The van der Waals surface area contributed by atoms with E-state index in [1.165, 1.54) is 16.8 Å². The predicted octanol–water partition coefficient (Wildman–Crippen LogP) is 4.43. The van der Waals surface area contributed by atoms with E-state index in [2.05, 4.69) is 52.9 Å². The summed E-state index contributed by atoms with van der Waals surface area (Å²) < 4.78 is 1.02.